The summed E-state index contributed by atoms with van der Waals surface area (Å²) in [6.45, 7) is 2.03. The molecule has 2 aromatic heterocycles. The maximum absolute atomic E-state index is 10.8. The van der Waals surface area contributed by atoms with Crippen LogP contribution < -0.4 is 0 Å². The molecule has 0 aliphatic rings. The van der Waals surface area contributed by atoms with E-state index in [0.29, 0.717) is 5.56 Å². The Hall–Kier alpha value is -2.23. The van der Waals surface area contributed by atoms with Crippen LogP contribution >= 0.6 is 0 Å². The number of aldehydes is 1. The quantitative estimate of drug-likeness (QED) is 0.578. The largest absolute Gasteiger partial charge is 0.298 e. The van der Waals surface area contributed by atoms with Gasteiger partial charge in [-0.25, -0.2) is 0 Å². The summed E-state index contributed by atoms with van der Waals surface area (Å²) in [5.41, 5.74) is 3.55. The highest BCUT2D eigenvalue weighted by Gasteiger charge is 2.05. The lowest BCUT2D eigenvalue weighted by atomic mass is 10.1. The topological polar surface area (TPSA) is 47.3 Å². The number of carbonyl (C=O) groups excluding carboxylic acids is 1. The van der Waals surface area contributed by atoms with Gasteiger partial charge in [0.15, 0.2) is 5.65 Å². The third-order valence-electron chi connectivity index (χ3n) is 2.76. The van der Waals surface area contributed by atoms with Gasteiger partial charge in [0.1, 0.15) is 12.6 Å². The molecule has 2 heterocycles. The molecule has 0 unspecified atom stereocenters. The fourth-order valence-corrected chi connectivity index (χ4v) is 1.95. The third-order valence-corrected chi connectivity index (χ3v) is 2.76. The highest BCUT2D eigenvalue weighted by Crippen LogP contribution is 2.21. The van der Waals surface area contributed by atoms with Gasteiger partial charge in [0, 0.05) is 10.9 Å². The van der Waals surface area contributed by atoms with Crippen molar-refractivity contribution >= 4 is 22.8 Å². The molecule has 3 aromatic rings. The molecule has 4 heteroatoms. The summed E-state index contributed by atoms with van der Waals surface area (Å²) >= 11 is 0. The molecule has 0 aliphatic heterocycles. The molecule has 0 N–H and O–H groups in total. The van der Waals surface area contributed by atoms with E-state index >= 15 is 0 Å². The van der Waals surface area contributed by atoms with Crippen LogP contribution in [0.5, 0.6) is 0 Å². The number of hydrogen-bond donors (Lipinski definition) is 0. The molecule has 0 radical (unpaired) electrons. The summed E-state index contributed by atoms with van der Waals surface area (Å²) < 4.78 is 1.88. The molecule has 16 heavy (non-hydrogen) atoms. The predicted molar refractivity (Wildman–Crippen MR) is 60.6 cm³/mol. The first kappa shape index (κ1) is 9.03. The van der Waals surface area contributed by atoms with Crippen molar-refractivity contribution in [1.29, 1.82) is 0 Å². The molecule has 0 bridgehead atoms. The van der Waals surface area contributed by atoms with Crippen LogP contribution in [-0.2, 0) is 0 Å². The van der Waals surface area contributed by atoms with Gasteiger partial charge in [-0.05, 0) is 24.6 Å². The highest BCUT2D eigenvalue weighted by atomic mass is 16.1. The minimum atomic E-state index is 0.660. The van der Waals surface area contributed by atoms with Gasteiger partial charge in [-0.15, -0.1) is 10.2 Å². The van der Waals surface area contributed by atoms with Crippen molar-refractivity contribution < 1.29 is 4.79 Å². The molecule has 0 aliphatic carbocycles. The molecule has 0 atom stereocenters. The Bertz CT molecular complexity index is 700. The Balaban J connectivity index is 2.57. The lowest BCUT2D eigenvalue weighted by Gasteiger charge is -2.05. The van der Waals surface area contributed by atoms with E-state index in [1.165, 1.54) is 0 Å². The number of carbonyl (C=O) groups is 1. The Morgan fingerprint density at radius 1 is 1.31 bits per heavy atom. The molecular formula is C12H9N3O. The van der Waals surface area contributed by atoms with Gasteiger partial charge in [-0.2, -0.15) is 0 Å². The third kappa shape index (κ3) is 1.13. The summed E-state index contributed by atoms with van der Waals surface area (Å²) in [6, 6.07) is 7.61. The Labute approximate surface area is 91.5 Å². The van der Waals surface area contributed by atoms with Crippen LogP contribution in [0.2, 0.25) is 0 Å². The maximum Gasteiger partial charge on any atom is 0.161 e. The summed E-state index contributed by atoms with van der Waals surface area (Å²) in [7, 11) is 0. The number of nitrogens with zero attached hydrogens (tertiary/aromatic N) is 3. The van der Waals surface area contributed by atoms with Crippen molar-refractivity contribution in [2.45, 2.75) is 6.92 Å². The average Bonchev–Trinajstić information content (AvgIpc) is 2.76. The normalized spacial score (nSPS) is 11.1. The predicted octanol–water partition coefficient (Wildman–Crippen LogP) is 2.00. The second kappa shape index (κ2) is 3.13. The van der Waals surface area contributed by atoms with E-state index in [9.17, 15) is 4.79 Å². The second-order valence-electron chi connectivity index (χ2n) is 3.78. The van der Waals surface area contributed by atoms with Crippen LogP contribution in [0.3, 0.4) is 0 Å². The number of aromatic nitrogens is 3. The zero-order valence-electron chi connectivity index (χ0n) is 8.71. The van der Waals surface area contributed by atoms with E-state index in [1.54, 1.807) is 6.33 Å². The first-order chi connectivity index (χ1) is 7.79. The van der Waals surface area contributed by atoms with Gasteiger partial charge >= 0.3 is 0 Å². The smallest absolute Gasteiger partial charge is 0.161 e. The number of fused-ring (bicyclic) bond motifs is 3. The van der Waals surface area contributed by atoms with Crippen LogP contribution in [0.4, 0.5) is 0 Å². The zero-order chi connectivity index (χ0) is 11.1. The lowest BCUT2D eigenvalue weighted by Crippen LogP contribution is -1.91. The molecule has 78 valence electrons. The molecular weight excluding hydrogens is 202 g/mol. The molecule has 0 fully saturated rings. The van der Waals surface area contributed by atoms with Crippen molar-refractivity contribution in [3.05, 3.63) is 41.7 Å². The van der Waals surface area contributed by atoms with Gasteiger partial charge in [-0.3, -0.25) is 9.20 Å². The van der Waals surface area contributed by atoms with Crippen LogP contribution in [0.15, 0.2) is 30.6 Å². The standard InChI is InChI=1S/C12H9N3O/c1-8-4-12-14-13-7-15(12)11-5-9(6-16)2-3-10(8)11/h2-7H,1H3. The van der Waals surface area contributed by atoms with Crippen molar-refractivity contribution in [2.75, 3.05) is 0 Å². The highest BCUT2D eigenvalue weighted by molar-refractivity contribution is 5.90. The van der Waals surface area contributed by atoms with Crippen LogP contribution in [0, 0.1) is 6.92 Å². The number of benzene rings is 1. The number of aryl methyl sites for hydroxylation is 1. The Morgan fingerprint density at radius 2 is 2.19 bits per heavy atom. The van der Waals surface area contributed by atoms with E-state index in [4.69, 9.17) is 0 Å². The number of pyridine rings is 1. The first-order valence-electron chi connectivity index (χ1n) is 4.98. The van der Waals surface area contributed by atoms with Gasteiger partial charge in [0.2, 0.25) is 0 Å². The SMILES string of the molecule is Cc1cc2nncn2c2cc(C=O)ccc12. The van der Waals surface area contributed by atoms with Gasteiger partial charge < -0.3 is 0 Å². The van der Waals surface area contributed by atoms with E-state index in [0.717, 1.165) is 28.4 Å². The lowest BCUT2D eigenvalue weighted by molar-refractivity contribution is 0.112. The summed E-state index contributed by atoms with van der Waals surface area (Å²) in [5, 5.41) is 8.99. The minimum absolute atomic E-state index is 0.660. The number of rotatable bonds is 1. The Morgan fingerprint density at radius 3 is 3.00 bits per heavy atom. The van der Waals surface area contributed by atoms with Crippen molar-refractivity contribution in [1.82, 2.24) is 14.6 Å². The van der Waals surface area contributed by atoms with Crippen molar-refractivity contribution in [3.8, 4) is 0 Å². The van der Waals surface area contributed by atoms with Crippen LogP contribution in [0.25, 0.3) is 16.6 Å². The van der Waals surface area contributed by atoms with Crippen molar-refractivity contribution in [3.63, 3.8) is 0 Å². The van der Waals surface area contributed by atoms with Crippen LogP contribution in [-0.4, -0.2) is 20.9 Å². The number of hydrogen-bond acceptors (Lipinski definition) is 3. The van der Waals surface area contributed by atoms with Gasteiger partial charge in [0.05, 0.1) is 5.52 Å². The minimum Gasteiger partial charge on any atom is -0.298 e. The van der Waals surface area contributed by atoms with E-state index in [1.807, 2.05) is 35.6 Å². The summed E-state index contributed by atoms with van der Waals surface area (Å²) in [4.78, 5) is 10.8. The molecule has 4 nitrogen and oxygen atoms in total. The molecule has 0 saturated carbocycles. The maximum atomic E-state index is 10.8. The van der Waals surface area contributed by atoms with Crippen LogP contribution in [0.1, 0.15) is 15.9 Å². The second-order valence-corrected chi connectivity index (χ2v) is 3.78. The first-order valence-corrected chi connectivity index (χ1v) is 4.98. The molecule has 1 aromatic carbocycles. The summed E-state index contributed by atoms with van der Waals surface area (Å²) in [6.07, 6.45) is 2.50. The van der Waals surface area contributed by atoms with E-state index in [-0.39, 0.29) is 0 Å². The van der Waals surface area contributed by atoms with E-state index in [2.05, 4.69) is 10.2 Å². The fourth-order valence-electron chi connectivity index (χ4n) is 1.95. The average molecular weight is 211 g/mol. The summed E-state index contributed by atoms with van der Waals surface area (Å²) in [5.74, 6) is 0. The molecule has 3 rings (SSSR count). The van der Waals surface area contributed by atoms with E-state index < -0.39 is 0 Å². The monoisotopic (exact) mass is 211 g/mol. The van der Waals surface area contributed by atoms with Gasteiger partial charge in [-0.1, -0.05) is 12.1 Å². The van der Waals surface area contributed by atoms with Gasteiger partial charge in [0.25, 0.3) is 0 Å². The Kier molecular flexibility index (Phi) is 1.77. The molecule has 0 spiro atoms. The molecule has 0 amide bonds. The fraction of sp³-hybridized carbons (Fsp3) is 0.0833. The zero-order valence-corrected chi connectivity index (χ0v) is 8.71. The molecule has 0 saturated heterocycles. The van der Waals surface area contributed by atoms with Crippen molar-refractivity contribution in [2.24, 2.45) is 0 Å².